The number of carbonyl (C=O) groups is 3. The summed E-state index contributed by atoms with van der Waals surface area (Å²) in [7, 11) is 1.97. The van der Waals surface area contributed by atoms with Crippen LogP contribution >= 0.6 is 0 Å². The molecule has 0 radical (unpaired) electrons. The van der Waals surface area contributed by atoms with Crippen LogP contribution in [0.2, 0.25) is 0 Å². The number of nitrogens with one attached hydrogen (secondary N) is 2. The molecule has 3 atom stereocenters. The molecular weight excluding hydrogens is 518 g/mol. The molecule has 1 aromatic carbocycles. The Bertz CT molecular complexity index is 1020. The van der Waals surface area contributed by atoms with E-state index in [1.807, 2.05) is 7.05 Å². The lowest BCUT2D eigenvalue weighted by atomic mass is 9.78. The molecule has 1 aliphatic carbocycles. The fraction of sp³-hybridized carbons (Fsp3) is 0.667. The summed E-state index contributed by atoms with van der Waals surface area (Å²) < 4.78 is 53.9. The van der Waals surface area contributed by atoms with Gasteiger partial charge in [-0.3, -0.25) is 14.4 Å². The molecule has 1 saturated heterocycles. The lowest BCUT2D eigenvalue weighted by molar-refractivity contribution is -0.184. The second kappa shape index (κ2) is 13.1. The molecule has 1 aliphatic heterocycles. The van der Waals surface area contributed by atoms with Crippen LogP contribution in [0.5, 0.6) is 0 Å². The number of piperazine rings is 1. The van der Waals surface area contributed by atoms with Crippen LogP contribution in [0.3, 0.4) is 0 Å². The number of halogens is 4. The topological polar surface area (TPSA) is 108 Å². The van der Waals surface area contributed by atoms with Crippen LogP contribution in [0.25, 0.3) is 0 Å². The van der Waals surface area contributed by atoms with E-state index in [9.17, 15) is 27.6 Å². The number of rotatable bonds is 8. The molecule has 0 bridgehead atoms. The Morgan fingerprint density at radius 1 is 1.08 bits per heavy atom. The number of hydrogen-bond donors (Lipinski definition) is 3. The van der Waals surface area contributed by atoms with Gasteiger partial charge in [0.25, 0.3) is 0 Å². The summed E-state index contributed by atoms with van der Waals surface area (Å²) in [5, 5.41) is 5.23. The number of anilines is 1. The van der Waals surface area contributed by atoms with Crippen LogP contribution in [0.4, 0.5) is 23.2 Å². The molecule has 4 N–H and O–H groups in total. The Labute approximate surface area is 226 Å². The third kappa shape index (κ3) is 7.91. The van der Waals surface area contributed by atoms with E-state index in [0.29, 0.717) is 31.7 Å². The van der Waals surface area contributed by atoms with Crippen molar-refractivity contribution in [1.29, 1.82) is 0 Å². The maximum Gasteiger partial charge on any atom is 0.391 e. The van der Waals surface area contributed by atoms with Gasteiger partial charge in [0.1, 0.15) is 11.9 Å². The molecule has 0 aromatic heterocycles. The van der Waals surface area contributed by atoms with Crippen LogP contribution in [-0.4, -0.2) is 79.0 Å². The van der Waals surface area contributed by atoms with Crippen LogP contribution in [0, 0.1) is 17.7 Å². The van der Waals surface area contributed by atoms with Crippen molar-refractivity contribution in [2.24, 2.45) is 17.6 Å². The van der Waals surface area contributed by atoms with Crippen molar-refractivity contribution in [3.8, 4) is 0 Å². The van der Waals surface area contributed by atoms with Crippen molar-refractivity contribution < 1.29 is 31.9 Å². The molecular formula is C27H39F4N5O3. The monoisotopic (exact) mass is 557 g/mol. The standard InChI is InChI=1S/C27H39F4N5O3/c1-4-22(37)34-24(26(39)36-13-11-35(3)12-14-36)16(2)18-7-10-21(20(28)15-18)33-25(38)23(32)17-5-8-19(9-6-17)27(29,30)31/h7,10,15-17,19,23-24H,4-6,8-9,11-14,32H2,1-3H3,(H,33,38)(H,34,37)/t16-,17?,19?,23-,24+/m0/s1. The van der Waals surface area contributed by atoms with E-state index in [1.165, 1.54) is 12.1 Å². The molecule has 0 spiro atoms. The molecule has 218 valence electrons. The second-order valence-electron chi connectivity index (χ2n) is 10.7. The molecule has 12 heteroatoms. The normalized spacial score (nSPS) is 23.0. The number of benzene rings is 1. The fourth-order valence-corrected chi connectivity index (χ4v) is 5.24. The number of hydrogen-bond acceptors (Lipinski definition) is 5. The molecule has 2 aliphatic rings. The Kier molecular flexibility index (Phi) is 10.3. The van der Waals surface area contributed by atoms with E-state index >= 15 is 4.39 Å². The first kappa shape index (κ1) is 30.8. The zero-order valence-electron chi connectivity index (χ0n) is 22.7. The molecule has 1 aromatic rings. The van der Waals surface area contributed by atoms with Gasteiger partial charge in [-0.05, 0) is 56.3 Å². The number of likely N-dealkylation sites (N-methyl/N-ethyl adjacent to an activating group) is 1. The number of alkyl halides is 3. The maximum atomic E-state index is 15.1. The smallest absolute Gasteiger partial charge is 0.344 e. The fourth-order valence-electron chi connectivity index (χ4n) is 5.24. The van der Waals surface area contributed by atoms with Crippen molar-refractivity contribution in [2.45, 2.75) is 70.1 Å². The van der Waals surface area contributed by atoms with Crippen LogP contribution in [0.15, 0.2) is 18.2 Å². The van der Waals surface area contributed by atoms with Gasteiger partial charge >= 0.3 is 6.18 Å². The number of amides is 3. The Morgan fingerprint density at radius 3 is 2.23 bits per heavy atom. The molecule has 1 saturated carbocycles. The predicted molar refractivity (Wildman–Crippen MR) is 139 cm³/mol. The van der Waals surface area contributed by atoms with Crippen molar-refractivity contribution in [1.82, 2.24) is 15.1 Å². The Hall–Kier alpha value is -2.73. The van der Waals surface area contributed by atoms with E-state index < -0.39 is 47.7 Å². The quantitative estimate of drug-likeness (QED) is 0.426. The summed E-state index contributed by atoms with van der Waals surface area (Å²) in [5.74, 6) is -4.30. The number of carbonyl (C=O) groups excluding carboxylic acids is 3. The summed E-state index contributed by atoms with van der Waals surface area (Å²) in [4.78, 5) is 42.0. The highest BCUT2D eigenvalue weighted by molar-refractivity contribution is 5.95. The van der Waals surface area contributed by atoms with Crippen molar-refractivity contribution in [2.75, 3.05) is 38.5 Å². The van der Waals surface area contributed by atoms with Crippen LogP contribution in [0.1, 0.15) is 57.4 Å². The molecule has 3 rings (SSSR count). The van der Waals surface area contributed by atoms with Crippen molar-refractivity contribution in [3.05, 3.63) is 29.6 Å². The van der Waals surface area contributed by atoms with Gasteiger partial charge in [0.2, 0.25) is 17.7 Å². The third-order valence-corrected chi connectivity index (χ3v) is 8.04. The van der Waals surface area contributed by atoms with Gasteiger partial charge < -0.3 is 26.2 Å². The van der Waals surface area contributed by atoms with Gasteiger partial charge in [0.15, 0.2) is 0 Å². The van der Waals surface area contributed by atoms with E-state index in [-0.39, 0.29) is 49.6 Å². The minimum Gasteiger partial charge on any atom is -0.344 e. The first-order valence-corrected chi connectivity index (χ1v) is 13.5. The summed E-state index contributed by atoms with van der Waals surface area (Å²) >= 11 is 0. The average molecular weight is 558 g/mol. The highest BCUT2D eigenvalue weighted by Crippen LogP contribution is 2.40. The Balaban J connectivity index is 1.67. The molecule has 39 heavy (non-hydrogen) atoms. The minimum atomic E-state index is -4.26. The number of nitrogens with two attached hydrogens (primary N) is 1. The van der Waals surface area contributed by atoms with Gasteiger partial charge in [0.05, 0.1) is 17.6 Å². The van der Waals surface area contributed by atoms with Gasteiger partial charge in [-0.1, -0.05) is 19.9 Å². The van der Waals surface area contributed by atoms with E-state index in [4.69, 9.17) is 5.73 Å². The summed E-state index contributed by atoms with van der Waals surface area (Å²) in [6, 6.07) is 2.20. The second-order valence-corrected chi connectivity index (χ2v) is 10.7. The zero-order valence-corrected chi connectivity index (χ0v) is 22.7. The highest BCUT2D eigenvalue weighted by atomic mass is 19.4. The van der Waals surface area contributed by atoms with Crippen LogP contribution < -0.4 is 16.4 Å². The molecule has 1 heterocycles. The first-order valence-electron chi connectivity index (χ1n) is 13.5. The van der Waals surface area contributed by atoms with E-state index in [1.54, 1.807) is 24.8 Å². The van der Waals surface area contributed by atoms with Crippen molar-refractivity contribution in [3.63, 3.8) is 0 Å². The third-order valence-electron chi connectivity index (χ3n) is 8.04. The van der Waals surface area contributed by atoms with Gasteiger partial charge in [-0.2, -0.15) is 13.2 Å². The van der Waals surface area contributed by atoms with Crippen molar-refractivity contribution >= 4 is 23.4 Å². The molecule has 8 nitrogen and oxygen atoms in total. The molecule has 0 unspecified atom stereocenters. The van der Waals surface area contributed by atoms with E-state index in [0.717, 1.165) is 0 Å². The minimum absolute atomic E-state index is 0.0846. The zero-order chi connectivity index (χ0) is 28.9. The van der Waals surface area contributed by atoms with Gasteiger partial charge in [-0.25, -0.2) is 4.39 Å². The van der Waals surface area contributed by atoms with Gasteiger partial charge in [-0.15, -0.1) is 0 Å². The lowest BCUT2D eigenvalue weighted by Crippen LogP contribution is -2.55. The largest absolute Gasteiger partial charge is 0.391 e. The summed E-state index contributed by atoms with van der Waals surface area (Å²) in [6.45, 7) is 5.89. The predicted octanol–water partition coefficient (Wildman–Crippen LogP) is 3.23. The van der Waals surface area contributed by atoms with E-state index in [2.05, 4.69) is 15.5 Å². The maximum absolute atomic E-state index is 15.1. The average Bonchev–Trinajstić information content (AvgIpc) is 2.91. The Morgan fingerprint density at radius 2 is 1.69 bits per heavy atom. The lowest BCUT2D eigenvalue weighted by Gasteiger charge is -2.36. The molecule has 2 fully saturated rings. The first-order chi connectivity index (χ1) is 18.3. The van der Waals surface area contributed by atoms with Gasteiger partial charge in [0, 0.05) is 38.5 Å². The highest BCUT2D eigenvalue weighted by Gasteiger charge is 2.43. The summed E-state index contributed by atoms with van der Waals surface area (Å²) in [6.07, 6.45) is -3.89. The summed E-state index contributed by atoms with van der Waals surface area (Å²) in [5.41, 5.74) is 6.38. The van der Waals surface area contributed by atoms with Crippen LogP contribution in [-0.2, 0) is 14.4 Å². The molecule has 3 amide bonds. The number of nitrogens with zero attached hydrogens (tertiary/aromatic N) is 2. The SMILES string of the molecule is CCC(=O)N[C@@H](C(=O)N1CCN(C)CC1)[C@@H](C)c1ccc(NC(=O)[C@@H](N)C2CCC(C(F)(F)F)CC2)c(F)c1.